The summed E-state index contributed by atoms with van der Waals surface area (Å²) >= 11 is 0. The number of nitrogen functional groups attached to an aromatic ring is 1. The van der Waals surface area contributed by atoms with E-state index < -0.39 is 6.61 Å². The van der Waals surface area contributed by atoms with Gasteiger partial charge in [0.2, 0.25) is 5.95 Å². The molecule has 0 aliphatic carbocycles. The van der Waals surface area contributed by atoms with Crippen LogP contribution in [0.5, 0.6) is 5.75 Å². The van der Waals surface area contributed by atoms with Crippen molar-refractivity contribution in [2.75, 3.05) is 5.73 Å². The lowest BCUT2D eigenvalue weighted by atomic mass is 10.2. The van der Waals surface area contributed by atoms with Crippen LogP contribution >= 0.6 is 0 Å². The molecule has 102 valence electrons. The van der Waals surface area contributed by atoms with Crippen molar-refractivity contribution in [3.63, 3.8) is 0 Å². The largest absolute Gasteiger partial charge is 0.433 e. The smallest absolute Gasteiger partial charge is 0.387 e. The second-order valence-electron chi connectivity index (χ2n) is 4.14. The highest BCUT2D eigenvalue weighted by molar-refractivity contribution is 5.81. The van der Waals surface area contributed by atoms with Crippen LogP contribution < -0.4 is 10.5 Å². The number of fused-ring (bicyclic) bond motifs is 1. The van der Waals surface area contributed by atoms with Crippen LogP contribution in [0.2, 0.25) is 0 Å². The molecule has 2 aromatic carbocycles. The molecule has 0 aliphatic heterocycles. The van der Waals surface area contributed by atoms with Gasteiger partial charge in [-0.25, -0.2) is 4.98 Å². The zero-order valence-electron chi connectivity index (χ0n) is 10.3. The number of nitrogens with two attached hydrogens (primary N) is 1. The molecular weight excluding hydrogens is 264 g/mol. The molecule has 0 saturated carbocycles. The minimum Gasteiger partial charge on any atom is -0.433 e. The number of para-hydroxylation sites is 4. The van der Waals surface area contributed by atoms with Gasteiger partial charge in [0.15, 0.2) is 0 Å². The monoisotopic (exact) mass is 275 g/mol. The molecule has 0 fully saturated rings. The number of anilines is 1. The number of imidazole rings is 1. The van der Waals surface area contributed by atoms with Crippen LogP contribution in [-0.2, 0) is 0 Å². The molecule has 0 spiro atoms. The van der Waals surface area contributed by atoms with E-state index in [1.54, 1.807) is 28.8 Å². The first-order valence-corrected chi connectivity index (χ1v) is 5.94. The molecule has 0 radical (unpaired) electrons. The lowest BCUT2D eigenvalue weighted by Gasteiger charge is -2.12. The van der Waals surface area contributed by atoms with Crippen molar-refractivity contribution >= 4 is 17.0 Å². The fourth-order valence-electron chi connectivity index (χ4n) is 2.14. The number of benzene rings is 2. The van der Waals surface area contributed by atoms with Crippen molar-refractivity contribution in [2.24, 2.45) is 0 Å². The first-order chi connectivity index (χ1) is 9.66. The maximum atomic E-state index is 12.5. The third kappa shape index (κ3) is 2.05. The molecule has 3 aromatic rings. The van der Waals surface area contributed by atoms with Gasteiger partial charge in [-0.1, -0.05) is 24.3 Å². The van der Waals surface area contributed by atoms with Crippen LogP contribution in [0, 0.1) is 0 Å². The third-order valence-electron chi connectivity index (χ3n) is 2.91. The standard InChI is InChI=1S/C14H11F2N3O/c15-13(16)20-12-8-4-3-7-11(12)19-10-6-2-1-5-9(10)18-14(19)17/h1-8,13H,(H2,17,18). The zero-order chi connectivity index (χ0) is 14.1. The Kier molecular flexibility index (Phi) is 2.98. The van der Waals surface area contributed by atoms with E-state index in [2.05, 4.69) is 9.72 Å². The number of hydrogen-bond donors (Lipinski definition) is 1. The molecule has 0 aliphatic rings. The van der Waals surface area contributed by atoms with Crippen LogP contribution in [-0.4, -0.2) is 16.2 Å². The summed E-state index contributed by atoms with van der Waals surface area (Å²) in [6.07, 6.45) is 0. The van der Waals surface area contributed by atoms with Crippen molar-refractivity contribution in [3.8, 4) is 11.4 Å². The summed E-state index contributed by atoms with van der Waals surface area (Å²) in [5.41, 5.74) is 7.75. The van der Waals surface area contributed by atoms with Crippen LogP contribution in [0.15, 0.2) is 48.5 Å². The number of rotatable bonds is 3. The van der Waals surface area contributed by atoms with Gasteiger partial charge in [0.25, 0.3) is 0 Å². The summed E-state index contributed by atoms with van der Waals surface area (Å²) in [7, 11) is 0. The lowest BCUT2D eigenvalue weighted by Crippen LogP contribution is -2.07. The molecule has 0 amide bonds. The molecule has 1 aromatic heterocycles. The maximum absolute atomic E-state index is 12.5. The topological polar surface area (TPSA) is 53.1 Å². The molecule has 3 rings (SSSR count). The van der Waals surface area contributed by atoms with E-state index >= 15 is 0 Å². The number of halogens is 2. The van der Waals surface area contributed by atoms with Crippen molar-refractivity contribution in [1.82, 2.24) is 9.55 Å². The highest BCUT2D eigenvalue weighted by atomic mass is 19.3. The van der Waals surface area contributed by atoms with Crippen molar-refractivity contribution in [1.29, 1.82) is 0 Å². The van der Waals surface area contributed by atoms with E-state index in [1.807, 2.05) is 18.2 Å². The molecule has 6 heteroatoms. The Morgan fingerprint density at radius 1 is 1.05 bits per heavy atom. The maximum Gasteiger partial charge on any atom is 0.387 e. The number of aromatic nitrogens is 2. The first kappa shape index (κ1) is 12.4. The molecule has 0 atom stereocenters. The van der Waals surface area contributed by atoms with Crippen LogP contribution in [0.1, 0.15) is 0 Å². The Labute approximate surface area is 113 Å². The number of alkyl halides is 2. The van der Waals surface area contributed by atoms with Crippen molar-refractivity contribution < 1.29 is 13.5 Å². The average Bonchev–Trinajstić information content (AvgIpc) is 2.75. The second kappa shape index (κ2) is 4.80. The number of ether oxygens (including phenoxy) is 1. The molecular formula is C14H11F2N3O. The Morgan fingerprint density at radius 2 is 1.75 bits per heavy atom. The second-order valence-corrected chi connectivity index (χ2v) is 4.14. The number of nitrogens with zero attached hydrogens (tertiary/aromatic N) is 2. The van der Waals surface area contributed by atoms with Gasteiger partial charge in [-0.15, -0.1) is 0 Å². The van der Waals surface area contributed by atoms with Gasteiger partial charge in [0.05, 0.1) is 16.7 Å². The molecule has 0 bridgehead atoms. The van der Waals surface area contributed by atoms with Gasteiger partial charge < -0.3 is 10.5 Å². The summed E-state index contributed by atoms with van der Waals surface area (Å²) in [5.74, 6) is 0.272. The number of hydrogen-bond acceptors (Lipinski definition) is 3. The molecule has 0 unspecified atom stereocenters. The molecule has 20 heavy (non-hydrogen) atoms. The van der Waals surface area contributed by atoms with Gasteiger partial charge in [-0.2, -0.15) is 8.78 Å². The average molecular weight is 275 g/mol. The zero-order valence-corrected chi connectivity index (χ0v) is 10.3. The minimum atomic E-state index is -2.90. The highest BCUT2D eigenvalue weighted by Gasteiger charge is 2.15. The van der Waals surface area contributed by atoms with E-state index in [1.165, 1.54) is 6.07 Å². The highest BCUT2D eigenvalue weighted by Crippen LogP contribution is 2.30. The quantitative estimate of drug-likeness (QED) is 0.798. The Bertz CT molecular complexity index is 755. The van der Waals surface area contributed by atoms with Gasteiger partial charge in [-0.3, -0.25) is 4.57 Å². The fraction of sp³-hybridized carbons (Fsp3) is 0.0714. The van der Waals surface area contributed by atoms with Crippen molar-refractivity contribution in [3.05, 3.63) is 48.5 Å². The minimum absolute atomic E-state index is 0.0531. The summed E-state index contributed by atoms with van der Waals surface area (Å²) in [4.78, 5) is 4.21. The van der Waals surface area contributed by atoms with Gasteiger partial charge in [0.1, 0.15) is 5.75 Å². The van der Waals surface area contributed by atoms with Crippen LogP contribution in [0.4, 0.5) is 14.7 Å². The fourth-order valence-corrected chi connectivity index (χ4v) is 2.14. The third-order valence-corrected chi connectivity index (χ3v) is 2.91. The Balaban J connectivity index is 2.23. The summed E-state index contributed by atoms with van der Waals surface area (Å²) in [6, 6.07) is 13.8. The summed E-state index contributed by atoms with van der Waals surface area (Å²) in [5, 5.41) is 0. The van der Waals surface area contributed by atoms with E-state index in [-0.39, 0.29) is 11.7 Å². The summed E-state index contributed by atoms with van der Waals surface area (Å²) < 4.78 is 31.1. The molecule has 1 heterocycles. The molecule has 4 nitrogen and oxygen atoms in total. The first-order valence-electron chi connectivity index (χ1n) is 5.94. The van der Waals surface area contributed by atoms with Crippen LogP contribution in [0.3, 0.4) is 0 Å². The Hall–Kier alpha value is -2.63. The van der Waals surface area contributed by atoms with Gasteiger partial charge in [0, 0.05) is 0 Å². The predicted octanol–water partition coefficient (Wildman–Crippen LogP) is 3.21. The normalized spacial score (nSPS) is 11.2. The van der Waals surface area contributed by atoms with E-state index in [4.69, 9.17) is 5.73 Å². The van der Waals surface area contributed by atoms with Crippen LogP contribution in [0.25, 0.3) is 16.7 Å². The van der Waals surface area contributed by atoms with Gasteiger partial charge in [-0.05, 0) is 24.3 Å². The molecule has 0 saturated heterocycles. The SMILES string of the molecule is Nc1nc2ccccc2n1-c1ccccc1OC(F)F. The van der Waals surface area contributed by atoms with Gasteiger partial charge >= 0.3 is 6.61 Å². The molecule has 2 N–H and O–H groups in total. The van der Waals surface area contributed by atoms with E-state index in [0.717, 1.165) is 5.52 Å². The lowest BCUT2D eigenvalue weighted by molar-refractivity contribution is -0.0498. The predicted molar refractivity (Wildman–Crippen MR) is 72.1 cm³/mol. The Morgan fingerprint density at radius 3 is 2.55 bits per heavy atom. The van der Waals surface area contributed by atoms with E-state index in [0.29, 0.717) is 11.2 Å². The van der Waals surface area contributed by atoms with E-state index in [9.17, 15) is 8.78 Å². The van der Waals surface area contributed by atoms with Crippen molar-refractivity contribution in [2.45, 2.75) is 6.61 Å². The summed E-state index contributed by atoms with van der Waals surface area (Å²) in [6.45, 7) is -2.90.